The number of nitrogens with zero attached hydrogens (tertiary/aromatic N) is 1. The summed E-state index contributed by atoms with van der Waals surface area (Å²) in [5, 5.41) is 8.61. The van der Waals surface area contributed by atoms with Crippen molar-refractivity contribution in [3.05, 3.63) is 23.4 Å². The predicted octanol–water partition coefficient (Wildman–Crippen LogP) is 1.03. The van der Waals surface area contributed by atoms with E-state index in [9.17, 15) is 4.79 Å². The van der Waals surface area contributed by atoms with E-state index in [-0.39, 0.29) is 6.42 Å². The number of aliphatic carboxylic acids is 1. The highest BCUT2D eigenvalue weighted by Crippen LogP contribution is 2.22. The number of hydrogen-bond donors (Lipinski definition) is 1. The Morgan fingerprint density at radius 3 is 3.29 bits per heavy atom. The first kappa shape index (κ1) is 8.99. The first-order chi connectivity index (χ1) is 6.75. The van der Waals surface area contributed by atoms with Crippen molar-refractivity contribution in [2.45, 2.75) is 19.3 Å². The number of aromatic nitrogens is 1. The van der Waals surface area contributed by atoms with Crippen molar-refractivity contribution >= 4 is 5.97 Å². The van der Waals surface area contributed by atoms with Crippen LogP contribution in [-0.2, 0) is 17.6 Å². The van der Waals surface area contributed by atoms with Crippen LogP contribution in [0.2, 0.25) is 0 Å². The summed E-state index contributed by atoms with van der Waals surface area (Å²) >= 11 is 0. The first-order valence-electron chi connectivity index (χ1n) is 4.58. The van der Waals surface area contributed by atoms with Gasteiger partial charge in [-0.3, -0.25) is 4.79 Å². The average Bonchev–Trinajstić information content (AvgIpc) is 2.17. The molecule has 1 N–H and O–H groups in total. The summed E-state index contributed by atoms with van der Waals surface area (Å²) in [7, 11) is 0. The minimum atomic E-state index is -0.830. The number of aryl methyl sites for hydroxylation is 1. The van der Waals surface area contributed by atoms with E-state index in [0.717, 1.165) is 24.0 Å². The van der Waals surface area contributed by atoms with Crippen molar-refractivity contribution in [1.82, 2.24) is 4.98 Å². The second-order valence-corrected chi connectivity index (χ2v) is 3.33. The number of fused-ring (bicyclic) bond motifs is 1. The number of carbonyl (C=O) groups is 1. The number of carboxylic acids is 1. The fourth-order valence-electron chi connectivity index (χ4n) is 1.56. The van der Waals surface area contributed by atoms with Crippen LogP contribution >= 0.6 is 0 Å². The topological polar surface area (TPSA) is 59.4 Å². The molecule has 1 aliphatic rings. The van der Waals surface area contributed by atoms with Crippen LogP contribution in [-0.4, -0.2) is 22.7 Å². The van der Waals surface area contributed by atoms with Gasteiger partial charge in [0, 0.05) is 11.8 Å². The smallest absolute Gasteiger partial charge is 0.307 e. The summed E-state index contributed by atoms with van der Waals surface area (Å²) < 4.78 is 5.32. The van der Waals surface area contributed by atoms with Gasteiger partial charge in [-0.05, 0) is 24.5 Å². The van der Waals surface area contributed by atoms with Crippen LogP contribution in [0.4, 0.5) is 0 Å². The molecule has 0 aliphatic carbocycles. The maximum Gasteiger partial charge on any atom is 0.307 e. The molecule has 0 aromatic carbocycles. The zero-order valence-electron chi connectivity index (χ0n) is 7.69. The molecule has 1 aliphatic heterocycles. The molecule has 0 bridgehead atoms. The van der Waals surface area contributed by atoms with Gasteiger partial charge in [0.25, 0.3) is 0 Å². The van der Waals surface area contributed by atoms with E-state index in [2.05, 4.69) is 4.98 Å². The third-order valence-electron chi connectivity index (χ3n) is 2.17. The molecule has 4 heteroatoms. The van der Waals surface area contributed by atoms with E-state index < -0.39 is 5.97 Å². The van der Waals surface area contributed by atoms with Gasteiger partial charge in [-0.2, -0.15) is 0 Å². The second-order valence-electron chi connectivity index (χ2n) is 3.33. The Kier molecular flexibility index (Phi) is 2.35. The lowest BCUT2D eigenvalue weighted by atomic mass is 10.1. The van der Waals surface area contributed by atoms with Crippen LogP contribution in [0.15, 0.2) is 12.3 Å². The Bertz CT molecular complexity index is 362. The number of ether oxygens (including phenoxy) is 1. The summed E-state index contributed by atoms with van der Waals surface area (Å²) in [6, 6.07) is 1.87. The molecule has 0 amide bonds. The Morgan fingerprint density at radius 2 is 2.50 bits per heavy atom. The molecule has 0 atom stereocenters. The Labute approximate surface area is 81.5 Å². The van der Waals surface area contributed by atoms with Crippen LogP contribution in [0, 0.1) is 0 Å². The van der Waals surface area contributed by atoms with Gasteiger partial charge in [0.05, 0.1) is 13.0 Å². The Hall–Kier alpha value is -1.58. The van der Waals surface area contributed by atoms with E-state index in [4.69, 9.17) is 9.84 Å². The van der Waals surface area contributed by atoms with Crippen molar-refractivity contribution in [3.8, 4) is 5.88 Å². The summed E-state index contributed by atoms with van der Waals surface area (Å²) in [6.45, 7) is 0.707. The van der Waals surface area contributed by atoms with Gasteiger partial charge >= 0.3 is 5.97 Å². The minimum Gasteiger partial charge on any atom is -0.481 e. The van der Waals surface area contributed by atoms with Gasteiger partial charge in [0.2, 0.25) is 5.88 Å². The molecular formula is C10H11NO3. The van der Waals surface area contributed by atoms with Crippen LogP contribution in [0.5, 0.6) is 5.88 Å². The Morgan fingerprint density at radius 1 is 1.64 bits per heavy atom. The molecule has 14 heavy (non-hydrogen) atoms. The van der Waals surface area contributed by atoms with Crippen molar-refractivity contribution in [2.75, 3.05) is 6.61 Å². The van der Waals surface area contributed by atoms with Gasteiger partial charge < -0.3 is 9.84 Å². The molecule has 0 unspecified atom stereocenters. The first-order valence-corrected chi connectivity index (χ1v) is 4.58. The van der Waals surface area contributed by atoms with Gasteiger partial charge in [-0.1, -0.05) is 0 Å². The van der Waals surface area contributed by atoms with Gasteiger partial charge in [0.15, 0.2) is 0 Å². The van der Waals surface area contributed by atoms with Crippen LogP contribution in [0.3, 0.4) is 0 Å². The van der Waals surface area contributed by atoms with E-state index in [0.29, 0.717) is 12.5 Å². The molecule has 4 nitrogen and oxygen atoms in total. The molecule has 0 spiro atoms. The third-order valence-corrected chi connectivity index (χ3v) is 2.17. The van der Waals surface area contributed by atoms with E-state index in [1.54, 1.807) is 6.20 Å². The fourth-order valence-corrected chi connectivity index (χ4v) is 1.56. The largest absolute Gasteiger partial charge is 0.481 e. The molecule has 0 radical (unpaired) electrons. The highest BCUT2D eigenvalue weighted by molar-refractivity contribution is 5.70. The summed E-state index contributed by atoms with van der Waals surface area (Å²) in [5.41, 5.74) is 1.76. The predicted molar refractivity (Wildman–Crippen MR) is 49.4 cm³/mol. The minimum absolute atomic E-state index is 0.0281. The molecule has 0 saturated heterocycles. The second kappa shape index (κ2) is 3.65. The molecule has 0 fully saturated rings. The number of hydrogen-bond acceptors (Lipinski definition) is 3. The molecule has 0 saturated carbocycles. The molecule has 2 heterocycles. The highest BCUT2D eigenvalue weighted by Gasteiger charge is 2.12. The fraction of sp³-hybridized carbons (Fsp3) is 0.400. The van der Waals surface area contributed by atoms with Crippen molar-refractivity contribution < 1.29 is 14.6 Å². The molecule has 1 aromatic rings. The van der Waals surface area contributed by atoms with E-state index in [1.807, 2.05) is 6.07 Å². The van der Waals surface area contributed by atoms with Crippen molar-refractivity contribution in [2.24, 2.45) is 0 Å². The third kappa shape index (κ3) is 1.84. The highest BCUT2D eigenvalue weighted by atomic mass is 16.5. The monoisotopic (exact) mass is 193 g/mol. The lowest BCUT2D eigenvalue weighted by molar-refractivity contribution is -0.136. The van der Waals surface area contributed by atoms with Gasteiger partial charge in [-0.15, -0.1) is 0 Å². The van der Waals surface area contributed by atoms with Crippen LogP contribution in [0.1, 0.15) is 17.5 Å². The normalized spacial score (nSPS) is 14.3. The maximum atomic E-state index is 10.5. The standard InChI is InChI=1S/C10H11NO3/c12-9(13)5-7-4-8-2-1-3-14-10(8)11-6-7/h4,6H,1-3,5H2,(H,12,13). The Balaban J connectivity index is 2.24. The van der Waals surface area contributed by atoms with Gasteiger partial charge in [-0.25, -0.2) is 4.98 Å². The van der Waals surface area contributed by atoms with Crippen molar-refractivity contribution in [3.63, 3.8) is 0 Å². The number of carboxylic acid groups (broad SMARTS) is 1. The zero-order chi connectivity index (χ0) is 9.97. The molecule has 74 valence electrons. The summed E-state index contributed by atoms with van der Waals surface area (Å²) in [6.07, 6.45) is 3.50. The zero-order valence-corrected chi connectivity index (χ0v) is 7.69. The summed E-state index contributed by atoms with van der Waals surface area (Å²) in [4.78, 5) is 14.6. The molecule has 2 rings (SSSR count). The van der Waals surface area contributed by atoms with E-state index >= 15 is 0 Å². The number of rotatable bonds is 2. The SMILES string of the molecule is O=C(O)Cc1cnc2c(c1)CCCO2. The van der Waals surface area contributed by atoms with E-state index in [1.165, 1.54) is 0 Å². The van der Waals surface area contributed by atoms with Crippen LogP contribution < -0.4 is 4.74 Å². The lowest BCUT2D eigenvalue weighted by Crippen LogP contribution is -2.11. The van der Waals surface area contributed by atoms with Gasteiger partial charge in [0.1, 0.15) is 0 Å². The van der Waals surface area contributed by atoms with Crippen LogP contribution in [0.25, 0.3) is 0 Å². The quantitative estimate of drug-likeness (QED) is 0.762. The van der Waals surface area contributed by atoms with Crippen molar-refractivity contribution in [1.29, 1.82) is 0 Å². The molecule has 1 aromatic heterocycles. The molecular weight excluding hydrogens is 182 g/mol. The maximum absolute atomic E-state index is 10.5. The summed E-state index contributed by atoms with van der Waals surface area (Å²) in [5.74, 6) is -0.172. The number of pyridine rings is 1. The lowest BCUT2D eigenvalue weighted by Gasteiger charge is -2.15. The average molecular weight is 193 g/mol.